The summed E-state index contributed by atoms with van der Waals surface area (Å²) in [6.07, 6.45) is 6.48. The Morgan fingerprint density at radius 3 is 2.92 bits per heavy atom. The Bertz CT molecular complexity index is 269. The second-order valence-electron chi connectivity index (χ2n) is 3.28. The first-order chi connectivity index (χ1) is 5.81. The number of aromatic nitrogens is 2. The molecule has 1 aromatic rings. The molecule has 0 aromatic carbocycles. The van der Waals surface area contributed by atoms with E-state index in [9.17, 15) is 0 Å². The SMILES string of the molecule is NCC1CCC1n1cc(I)cn1. The fourth-order valence-corrected chi connectivity index (χ4v) is 2.08. The van der Waals surface area contributed by atoms with E-state index in [2.05, 4.69) is 38.6 Å². The molecule has 1 aromatic heterocycles. The largest absolute Gasteiger partial charge is 0.330 e. The zero-order valence-corrected chi connectivity index (χ0v) is 8.94. The number of rotatable bonds is 2. The molecule has 2 N–H and O–H groups in total. The number of hydrogen-bond acceptors (Lipinski definition) is 2. The normalized spacial score (nSPS) is 28.5. The quantitative estimate of drug-likeness (QED) is 0.830. The van der Waals surface area contributed by atoms with E-state index in [0.717, 1.165) is 6.54 Å². The van der Waals surface area contributed by atoms with Gasteiger partial charge in [0.2, 0.25) is 0 Å². The Hall–Kier alpha value is -0.100. The number of nitrogens with two attached hydrogens (primary N) is 1. The maximum Gasteiger partial charge on any atom is 0.0623 e. The molecule has 1 fully saturated rings. The maximum absolute atomic E-state index is 5.63. The van der Waals surface area contributed by atoms with E-state index in [1.54, 1.807) is 0 Å². The van der Waals surface area contributed by atoms with Crippen molar-refractivity contribution < 1.29 is 0 Å². The number of hydrogen-bond donors (Lipinski definition) is 1. The second-order valence-corrected chi connectivity index (χ2v) is 4.52. The molecule has 3 nitrogen and oxygen atoms in total. The molecule has 1 aliphatic rings. The molecule has 4 heteroatoms. The molecule has 0 bridgehead atoms. The molecule has 1 aliphatic carbocycles. The van der Waals surface area contributed by atoms with Gasteiger partial charge in [-0.15, -0.1) is 0 Å². The molecule has 66 valence electrons. The van der Waals surface area contributed by atoms with Crippen LogP contribution in [-0.2, 0) is 0 Å². The summed E-state index contributed by atoms with van der Waals surface area (Å²) in [7, 11) is 0. The summed E-state index contributed by atoms with van der Waals surface area (Å²) in [6, 6.07) is 0.568. The molecule has 0 aliphatic heterocycles. The molecular formula is C8H12IN3. The fourth-order valence-electron chi connectivity index (χ4n) is 1.67. The molecule has 0 saturated heterocycles. The van der Waals surface area contributed by atoms with Crippen LogP contribution in [0, 0.1) is 9.49 Å². The third-order valence-electron chi connectivity index (χ3n) is 2.59. The highest BCUT2D eigenvalue weighted by atomic mass is 127. The van der Waals surface area contributed by atoms with Gasteiger partial charge in [0, 0.05) is 6.20 Å². The monoisotopic (exact) mass is 277 g/mol. The molecule has 12 heavy (non-hydrogen) atoms. The van der Waals surface area contributed by atoms with Crippen LogP contribution in [0.15, 0.2) is 12.4 Å². The second kappa shape index (κ2) is 3.33. The van der Waals surface area contributed by atoms with Crippen molar-refractivity contribution in [1.29, 1.82) is 0 Å². The molecule has 2 unspecified atom stereocenters. The lowest BCUT2D eigenvalue weighted by Crippen LogP contribution is -2.34. The molecule has 1 heterocycles. The lowest BCUT2D eigenvalue weighted by molar-refractivity contribution is 0.174. The van der Waals surface area contributed by atoms with Crippen LogP contribution in [0.25, 0.3) is 0 Å². The van der Waals surface area contributed by atoms with Gasteiger partial charge in [-0.1, -0.05) is 0 Å². The van der Waals surface area contributed by atoms with E-state index in [-0.39, 0.29) is 0 Å². The van der Waals surface area contributed by atoms with Crippen molar-refractivity contribution in [3.8, 4) is 0 Å². The standard InChI is InChI=1S/C8H12IN3/c9-7-4-11-12(5-7)8-2-1-6(8)3-10/h4-6,8H,1-3,10H2. The molecule has 0 amide bonds. The summed E-state index contributed by atoms with van der Waals surface area (Å²) in [5, 5.41) is 4.29. The van der Waals surface area contributed by atoms with E-state index in [4.69, 9.17) is 5.73 Å². The average molecular weight is 277 g/mol. The lowest BCUT2D eigenvalue weighted by Gasteiger charge is -2.35. The average Bonchev–Trinajstić information content (AvgIpc) is 2.35. The first-order valence-corrected chi connectivity index (χ1v) is 5.29. The molecule has 0 radical (unpaired) electrons. The van der Waals surface area contributed by atoms with Gasteiger partial charge in [0.1, 0.15) is 0 Å². The summed E-state index contributed by atoms with van der Waals surface area (Å²) < 4.78 is 3.26. The van der Waals surface area contributed by atoms with Crippen LogP contribution in [0.1, 0.15) is 18.9 Å². The van der Waals surface area contributed by atoms with Gasteiger partial charge in [-0.3, -0.25) is 4.68 Å². The van der Waals surface area contributed by atoms with Crippen molar-refractivity contribution >= 4 is 22.6 Å². The fraction of sp³-hybridized carbons (Fsp3) is 0.625. The van der Waals surface area contributed by atoms with Crippen LogP contribution in [-0.4, -0.2) is 16.3 Å². The summed E-state index contributed by atoms with van der Waals surface area (Å²) in [6.45, 7) is 0.793. The minimum Gasteiger partial charge on any atom is -0.330 e. The van der Waals surface area contributed by atoms with E-state index < -0.39 is 0 Å². The molecule has 0 spiro atoms. The zero-order valence-electron chi connectivity index (χ0n) is 6.78. The summed E-state index contributed by atoms with van der Waals surface area (Å²) >= 11 is 2.28. The van der Waals surface area contributed by atoms with Crippen molar-refractivity contribution in [3.63, 3.8) is 0 Å². The summed E-state index contributed by atoms with van der Waals surface area (Å²) in [4.78, 5) is 0. The first kappa shape index (κ1) is 8.50. The molecular weight excluding hydrogens is 265 g/mol. The van der Waals surface area contributed by atoms with Crippen molar-refractivity contribution in [2.24, 2.45) is 11.7 Å². The van der Waals surface area contributed by atoms with Crippen LogP contribution in [0.3, 0.4) is 0 Å². The van der Waals surface area contributed by atoms with Gasteiger partial charge in [-0.05, 0) is 47.9 Å². The van der Waals surface area contributed by atoms with Crippen molar-refractivity contribution in [2.45, 2.75) is 18.9 Å². The van der Waals surface area contributed by atoms with Crippen LogP contribution >= 0.6 is 22.6 Å². The van der Waals surface area contributed by atoms with Gasteiger partial charge < -0.3 is 5.73 Å². The Morgan fingerprint density at radius 1 is 1.67 bits per heavy atom. The molecule has 2 atom stereocenters. The van der Waals surface area contributed by atoms with Gasteiger partial charge in [-0.2, -0.15) is 5.10 Å². The summed E-state index contributed by atoms with van der Waals surface area (Å²) in [5.41, 5.74) is 5.63. The van der Waals surface area contributed by atoms with E-state index in [0.29, 0.717) is 12.0 Å². The van der Waals surface area contributed by atoms with E-state index >= 15 is 0 Å². The third-order valence-corrected chi connectivity index (χ3v) is 3.15. The van der Waals surface area contributed by atoms with Crippen molar-refractivity contribution in [1.82, 2.24) is 9.78 Å². The van der Waals surface area contributed by atoms with Gasteiger partial charge >= 0.3 is 0 Å². The maximum atomic E-state index is 5.63. The Kier molecular flexibility index (Phi) is 2.36. The van der Waals surface area contributed by atoms with Crippen molar-refractivity contribution in [3.05, 3.63) is 16.0 Å². The Labute approximate surface area is 85.5 Å². The van der Waals surface area contributed by atoms with Gasteiger partial charge in [0.25, 0.3) is 0 Å². The van der Waals surface area contributed by atoms with Gasteiger partial charge in [0.15, 0.2) is 0 Å². The van der Waals surface area contributed by atoms with Crippen LogP contribution < -0.4 is 5.73 Å². The number of nitrogens with zero attached hydrogens (tertiary/aromatic N) is 2. The molecule has 1 saturated carbocycles. The topological polar surface area (TPSA) is 43.8 Å². The third kappa shape index (κ3) is 1.37. The van der Waals surface area contributed by atoms with Crippen LogP contribution in [0.4, 0.5) is 0 Å². The predicted molar refractivity (Wildman–Crippen MR) is 55.8 cm³/mol. The summed E-state index contributed by atoms with van der Waals surface area (Å²) in [5.74, 6) is 0.653. The lowest BCUT2D eigenvalue weighted by atomic mass is 9.80. The van der Waals surface area contributed by atoms with Gasteiger partial charge in [-0.25, -0.2) is 0 Å². The molecule has 2 rings (SSSR count). The zero-order chi connectivity index (χ0) is 8.55. The minimum absolute atomic E-state index is 0.568. The predicted octanol–water partition coefficient (Wildman–Crippen LogP) is 1.40. The highest BCUT2D eigenvalue weighted by molar-refractivity contribution is 14.1. The van der Waals surface area contributed by atoms with E-state index in [1.165, 1.54) is 16.4 Å². The smallest absolute Gasteiger partial charge is 0.0623 e. The van der Waals surface area contributed by atoms with Crippen molar-refractivity contribution in [2.75, 3.05) is 6.54 Å². The van der Waals surface area contributed by atoms with Crippen LogP contribution in [0.2, 0.25) is 0 Å². The van der Waals surface area contributed by atoms with Crippen LogP contribution in [0.5, 0.6) is 0 Å². The minimum atomic E-state index is 0.568. The van der Waals surface area contributed by atoms with E-state index in [1.807, 2.05) is 6.20 Å². The van der Waals surface area contributed by atoms with Gasteiger partial charge in [0.05, 0.1) is 15.8 Å². The Morgan fingerprint density at radius 2 is 2.50 bits per heavy atom. The number of halogens is 1. The first-order valence-electron chi connectivity index (χ1n) is 4.21. The highest BCUT2D eigenvalue weighted by Crippen LogP contribution is 2.37. The Balaban J connectivity index is 2.10. The highest BCUT2D eigenvalue weighted by Gasteiger charge is 2.31.